The lowest BCUT2D eigenvalue weighted by Gasteiger charge is -2.31. The number of rotatable bonds is 2. The second kappa shape index (κ2) is 4.98. The third-order valence-electron chi connectivity index (χ3n) is 4.28. The van der Waals surface area contributed by atoms with Crippen LogP contribution in [0.3, 0.4) is 0 Å². The third kappa shape index (κ3) is 2.22. The molecule has 2 saturated heterocycles. The highest BCUT2D eigenvalue weighted by Crippen LogP contribution is 2.41. The molecular weight excluding hydrogens is 259 g/mol. The van der Waals surface area contributed by atoms with Gasteiger partial charge in [0.1, 0.15) is 5.82 Å². The summed E-state index contributed by atoms with van der Waals surface area (Å²) in [7, 11) is 0. The van der Waals surface area contributed by atoms with Crippen LogP contribution < -0.4 is 5.32 Å². The van der Waals surface area contributed by atoms with Crippen molar-refractivity contribution in [2.45, 2.75) is 25.8 Å². The molecule has 1 N–H and O–H groups in total. The van der Waals surface area contributed by atoms with E-state index in [-0.39, 0.29) is 24.2 Å². The minimum atomic E-state index is -0.518. The second-order valence-electron chi connectivity index (χ2n) is 5.62. The molecule has 0 aliphatic carbocycles. The molecule has 0 aromatic heterocycles. The Balaban J connectivity index is 1.80. The maximum atomic E-state index is 13.2. The summed E-state index contributed by atoms with van der Waals surface area (Å²) in [6, 6.07) is 6.05. The van der Waals surface area contributed by atoms with Crippen molar-refractivity contribution in [3.05, 3.63) is 35.6 Å². The fourth-order valence-electron chi connectivity index (χ4n) is 3.13. The summed E-state index contributed by atoms with van der Waals surface area (Å²) in [5.74, 6) is -0.576. The van der Waals surface area contributed by atoms with Crippen molar-refractivity contribution in [2.75, 3.05) is 13.1 Å². The second-order valence-corrected chi connectivity index (χ2v) is 5.62. The van der Waals surface area contributed by atoms with Gasteiger partial charge in [0, 0.05) is 6.42 Å². The zero-order valence-electron chi connectivity index (χ0n) is 11.2. The molecule has 2 amide bonds. The van der Waals surface area contributed by atoms with Crippen molar-refractivity contribution in [2.24, 2.45) is 5.41 Å². The minimum absolute atomic E-state index is 0.0896. The van der Waals surface area contributed by atoms with E-state index in [9.17, 15) is 14.0 Å². The molecular formula is C15H17FN2O2. The number of likely N-dealkylation sites (tertiary alicyclic amines) is 1. The molecule has 0 bridgehead atoms. The van der Waals surface area contributed by atoms with Crippen LogP contribution in [0, 0.1) is 11.2 Å². The summed E-state index contributed by atoms with van der Waals surface area (Å²) in [6.45, 7) is 1.71. The van der Waals surface area contributed by atoms with Crippen LogP contribution in [0.25, 0.3) is 0 Å². The molecule has 0 saturated carbocycles. The number of piperidine rings is 1. The number of nitrogens with one attached hydrogen (secondary N) is 1. The number of hydrogen-bond acceptors (Lipinski definition) is 3. The van der Waals surface area contributed by atoms with Gasteiger partial charge >= 0.3 is 0 Å². The van der Waals surface area contributed by atoms with Gasteiger partial charge in [-0.15, -0.1) is 0 Å². The highest BCUT2D eigenvalue weighted by molar-refractivity contribution is 6.05. The van der Waals surface area contributed by atoms with Crippen LogP contribution in [0.4, 0.5) is 4.39 Å². The smallest absolute Gasteiger partial charge is 0.236 e. The van der Waals surface area contributed by atoms with E-state index >= 15 is 0 Å². The van der Waals surface area contributed by atoms with Crippen LogP contribution in [-0.2, 0) is 16.1 Å². The monoisotopic (exact) mass is 276 g/mol. The van der Waals surface area contributed by atoms with Gasteiger partial charge in [-0.3, -0.25) is 14.5 Å². The van der Waals surface area contributed by atoms with Crippen LogP contribution in [0.5, 0.6) is 0 Å². The van der Waals surface area contributed by atoms with E-state index in [1.54, 1.807) is 12.1 Å². The van der Waals surface area contributed by atoms with Crippen LogP contribution >= 0.6 is 0 Å². The molecule has 1 spiro atoms. The first kappa shape index (κ1) is 13.2. The van der Waals surface area contributed by atoms with E-state index in [1.807, 2.05) is 0 Å². The summed E-state index contributed by atoms with van der Waals surface area (Å²) in [5.41, 5.74) is 0.132. The van der Waals surface area contributed by atoms with E-state index in [4.69, 9.17) is 0 Å². The molecule has 2 heterocycles. The fraction of sp³-hybridized carbons (Fsp3) is 0.467. The van der Waals surface area contributed by atoms with E-state index < -0.39 is 5.41 Å². The van der Waals surface area contributed by atoms with Crippen molar-refractivity contribution in [3.63, 3.8) is 0 Å². The van der Waals surface area contributed by atoms with Crippen LogP contribution in [0.1, 0.15) is 24.8 Å². The van der Waals surface area contributed by atoms with Crippen LogP contribution in [-0.4, -0.2) is 29.8 Å². The lowest BCUT2D eigenvalue weighted by molar-refractivity contribution is -0.142. The van der Waals surface area contributed by atoms with E-state index in [0.717, 1.165) is 13.1 Å². The van der Waals surface area contributed by atoms with E-state index in [1.165, 1.54) is 17.0 Å². The average Bonchev–Trinajstić information content (AvgIpc) is 2.64. The maximum absolute atomic E-state index is 13.2. The number of halogens is 1. The Morgan fingerprint density at radius 3 is 2.70 bits per heavy atom. The Morgan fingerprint density at radius 2 is 2.00 bits per heavy atom. The molecule has 1 aromatic rings. The number of nitrogens with zero attached hydrogens (tertiary/aromatic N) is 1. The van der Waals surface area contributed by atoms with Gasteiger partial charge in [-0.25, -0.2) is 4.39 Å². The number of benzene rings is 1. The van der Waals surface area contributed by atoms with Crippen LogP contribution in [0.15, 0.2) is 24.3 Å². The molecule has 5 heteroatoms. The fourth-order valence-corrected chi connectivity index (χ4v) is 3.13. The van der Waals surface area contributed by atoms with Gasteiger partial charge in [0.2, 0.25) is 11.8 Å². The SMILES string of the molecule is O=C1CC2(CCNCC2)C(=O)N1Cc1cccc(F)c1. The highest BCUT2D eigenvalue weighted by Gasteiger charge is 2.51. The predicted molar refractivity (Wildman–Crippen MR) is 71.1 cm³/mol. The lowest BCUT2D eigenvalue weighted by Crippen LogP contribution is -2.42. The molecule has 0 atom stereocenters. The molecule has 3 rings (SSSR count). The Morgan fingerprint density at radius 1 is 1.25 bits per heavy atom. The Hall–Kier alpha value is -1.75. The lowest BCUT2D eigenvalue weighted by atomic mass is 9.77. The summed E-state index contributed by atoms with van der Waals surface area (Å²) < 4.78 is 13.2. The highest BCUT2D eigenvalue weighted by atomic mass is 19.1. The standard InChI is InChI=1S/C15H17FN2O2/c16-12-3-1-2-11(8-12)10-18-13(19)9-15(14(18)20)4-6-17-7-5-15/h1-3,8,17H,4-7,9-10H2. The summed E-state index contributed by atoms with van der Waals surface area (Å²) >= 11 is 0. The van der Waals surface area contributed by atoms with Crippen molar-refractivity contribution >= 4 is 11.8 Å². The molecule has 0 radical (unpaired) electrons. The number of carbonyl (C=O) groups excluding carboxylic acids is 2. The predicted octanol–water partition coefficient (Wildman–Crippen LogP) is 1.45. The minimum Gasteiger partial charge on any atom is -0.317 e. The number of hydrogen-bond donors (Lipinski definition) is 1. The van der Waals surface area contributed by atoms with E-state index in [2.05, 4.69) is 5.32 Å². The Labute approximate surface area is 117 Å². The van der Waals surface area contributed by atoms with Crippen LogP contribution in [0.2, 0.25) is 0 Å². The topological polar surface area (TPSA) is 49.4 Å². The molecule has 106 valence electrons. The van der Waals surface area contributed by atoms with Crippen molar-refractivity contribution in [1.82, 2.24) is 10.2 Å². The molecule has 2 aliphatic heterocycles. The third-order valence-corrected chi connectivity index (χ3v) is 4.28. The molecule has 1 aromatic carbocycles. The Kier molecular flexibility index (Phi) is 3.30. The van der Waals surface area contributed by atoms with Crippen molar-refractivity contribution in [3.8, 4) is 0 Å². The van der Waals surface area contributed by atoms with Crippen molar-refractivity contribution < 1.29 is 14.0 Å². The Bertz CT molecular complexity index is 553. The largest absolute Gasteiger partial charge is 0.317 e. The molecule has 0 unspecified atom stereocenters. The van der Waals surface area contributed by atoms with Gasteiger partial charge in [-0.05, 0) is 43.6 Å². The maximum Gasteiger partial charge on any atom is 0.236 e. The molecule has 2 aliphatic rings. The van der Waals surface area contributed by atoms with Gasteiger partial charge in [0.25, 0.3) is 0 Å². The van der Waals surface area contributed by atoms with Gasteiger partial charge < -0.3 is 5.32 Å². The van der Waals surface area contributed by atoms with Gasteiger partial charge in [0.15, 0.2) is 0 Å². The van der Waals surface area contributed by atoms with E-state index in [0.29, 0.717) is 24.8 Å². The average molecular weight is 276 g/mol. The first-order valence-corrected chi connectivity index (χ1v) is 6.91. The normalized spacial score (nSPS) is 21.8. The molecule has 4 nitrogen and oxygen atoms in total. The number of amides is 2. The first-order valence-electron chi connectivity index (χ1n) is 6.91. The first-order chi connectivity index (χ1) is 9.61. The number of carbonyl (C=O) groups is 2. The zero-order valence-corrected chi connectivity index (χ0v) is 11.2. The summed E-state index contributed by atoms with van der Waals surface area (Å²) in [6.07, 6.45) is 1.71. The summed E-state index contributed by atoms with van der Waals surface area (Å²) in [4.78, 5) is 26.0. The van der Waals surface area contributed by atoms with Gasteiger partial charge in [-0.2, -0.15) is 0 Å². The number of imide groups is 1. The summed E-state index contributed by atoms with van der Waals surface area (Å²) in [5, 5.41) is 3.21. The molecule has 2 fully saturated rings. The zero-order chi connectivity index (χ0) is 14.2. The van der Waals surface area contributed by atoms with Crippen molar-refractivity contribution in [1.29, 1.82) is 0 Å². The van der Waals surface area contributed by atoms with Gasteiger partial charge in [-0.1, -0.05) is 12.1 Å². The quantitative estimate of drug-likeness (QED) is 0.832. The molecule has 20 heavy (non-hydrogen) atoms. The van der Waals surface area contributed by atoms with Gasteiger partial charge in [0.05, 0.1) is 12.0 Å².